The van der Waals surface area contributed by atoms with E-state index in [0.29, 0.717) is 24.9 Å². The highest BCUT2D eigenvalue weighted by atomic mass is 32.2. The van der Waals surface area contributed by atoms with E-state index in [-0.39, 0.29) is 29.3 Å². The van der Waals surface area contributed by atoms with E-state index in [2.05, 4.69) is 4.72 Å². The van der Waals surface area contributed by atoms with Crippen molar-refractivity contribution in [2.75, 3.05) is 16.2 Å². The van der Waals surface area contributed by atoms with Crippen LogP contribution in [0.2, 0.25) is 0 Å². The van der Waals surface area contributed by atoms with Crippen LogP contribution in [-0.2, 0) is 27.0 Å². The van der Waals surface area contributed by atoms with Crippen LogP contribution in [0.4, 0.5) is 20.2 Å². The molecular formula is C19H20F2N2O3S. The fraction of sp³-hybridized carbons (Fsp3) is 0.316. The number of carbonyl (C=O) groups excluding carboxylic acids is 1. The lowest BCUT2D eigenvalue weighted by Crippen LogP contribution is -2.36. The lowest BCUT2D eigenvalue weighted by Gasteiger charge is -2.30. The molecule has 0 saturated heterocycles. The highest BCUT2D eigenvalue weighted by molar-refractivity contribution is 7.91. The minimum atomic E-state index is -3.93. The number of nitrogens with zero attached hydrogens (tertiary/aromatic N) is 1. The van der Waals surface area contributed by atoms with E-state index in [1.807, 2.05) is 6.92 Å². The van der Waals surface area contributed by atoms with Gasteiger partial charge in [0.05, 0.1) is 17.1 Å². The Morgan fingerprint density at radius 3 is 2.56 bits per heavy atom. The van der Waals surface area contributed by atoms with Crippen LogP contribution in [0.1, 0.15) is 30.9 Å². The largest absolute Gasteiger partial charge is 0.309 e. The molecule has 1 aliphatic rings. The van der Waals surface area contributed by atoms with Crippen molar-refractivity contribution in [3.63, 3.8) is 0 Å². The Morgan fingerprint density at radius 1 is 1.11 bits per heavy atom. The average Bonchev–Trinajstić information content (AvgIpc) is 2.59. The van der Waals surface area contributed by atoms with Crippen molar-refractivity contribution in [3.8, 4) is 0 Å². The van der Waals surface area contributed by atoms with Gasteiger partial charge in [0.1, 0.15) is 11.6 Å². The number of nitrogens with one attached hydrogen (secondary N) is 1. The number of amides is 1. The molecule has 2 aromatic carbocycles. The Morgan fingerprint density at radius 2 is 1.85 bits per heavy atom. The van der Waals surface area contributed by atoms with Gasteiger partial charge in [0.15, 0.2) is 0 Å². The molecule has 1 amide bonds. The van der Waals surface area contributed by atoms with Crippen molar-refractivity contribution in [1.29, 1.82) is 0 Å². The Hall–Kier alpha value is -2.48. The van der Waals surface area contributed by atoms with Crippen LogP contribution in [0.3, 0.4) is 0 Å². The van der Waals surface area contributed by atoms with Crippen LogP contribution < -0.4 is 9.62 Å². The third-order valence-electron chi connectivity index (χ3n) is 4.35. The number of hydrogen-bond acceptors (Lipinski definition) is 3. The van der Waals surface area contributed by atoms with Crippen molar-refractivity contribution in [3.05, 3.63) is 59.2 Å². The van der Waals surface area contributed by atoms with E-state index in [0.717, 1.165) is 6.07 Å². The van der Waals surface area contributed by atoms with Gasteiger partial charge in [-0.1, -0.05) is 25.1 Å². The van der Waals surface area contributed by atoms with Crippen LogP contribution in [0.15, 0.2) is 36.4 Å². The Kier molecular flexibility index (Phi) is 5.46. The van der Waals surface area contributed by atoms with Gasteiger partial charge in [0, 0.05) is 24.6 Å². The van der Waals surface area contributed by atoms with Gasteiger partial charge in [-0.15, -0.1) is 0 Å². The van der Waals surface area contributed by atoms with E-state index >= 15 is 0 Å². The van der Waals surface area contributed by atoms with E-state index in [1.165, 1.54) is 29.2 Å². The van der Waals surface area contributed by atoms with Gasteiger partial charge >= 0.3 is 0 Å². The van der Waals surface area contributed by atoms with Crippen molar-refractivity contribution >= 4 is 27.3 Å². The molecule has 27 heavy (non-hydrogen) atoms. The summed E-state index contributed by atoms with van der Waals surface area (Å²) in [5.74, 6) is -1.97. The number of carbonyl (C=O) groups is 1. The minimum absolute atomic E-state index is 0.0307. The van der Waals surface area contributed by atoms with E-state index < -0.39 is 27.4 Å². The van der Waals surface area contributed by atoms with Crippen molar-refractivity contribution < 1.29 is 22.0 Å². The first-order valence-corrected chi connectivity index (χ1v) is 10.3. The molecule has 2 aromatic rings. The van der Waals surface area contributed by atoms with Crippen LogP contribution in [0.5, 0.6) is 0 Å². The Bertz CT molecular complexity index is 977. The second kappa shape index (κ2) is 7.64. The van der Waals surface area contributed by atoms with Gasteiger partial charge in [-0.25, -0.2) is 17.2 Å². The Labute approximate surface area is 157 Å². The highest BCUT2D eigenvalue weighted by Crippen LogP contribution is 2.34. The van der Waals surface area contributed by atoms with Gasteiger partial charge in [-0.3, -0.25) is 9.52 Å². The SMILES string of the molecule is CCCN1C(=O)CCc2cc(NS(=O)(=O)Cc3ccccc3F)cc(F)c21. The molecule has 0 atom stereocenters. The topological polar surface area (TPSA) is 66.5 Å². The molecule has 0 bridgehead atoms. The minimum Gasteiger partial charge on any atom is -0.309 e. The molecule has 0 aliphatic carbocycles. The maximum absolute atomic E-state index is 14.7. The molecule has 1 heterocycles. The number of rotatable bonds is 6. The van der Waals surface area contributed by atoms with Crippen molar-refractivity contribution in [2.45, 2.75) is 31.9 Å². The lowest BCUT2D eigenvalue weighted by molar-refractivity contribution is -0.118. The molecule has 0 unspecified atom stereocenters. The predicted molar refractivity (Wildman–Crippen MR) is 100 cm³/mol. The summed E-state index contributed by atoms with van der Waals surface area (Å²) in [6, 6.07) is 8.18. The quantitative estimate of drug-likeness (QED) is 0.814. The summed E-state index contributed by atoms with van der Waals surface area (Å²) in [6.45, 7) is 2.30. The molecule has 0 aromatic heterocycles. The smallest absolute Gasteiger partial charge is 0.237 e. The van der Waals surface area contributed by atoms with E-state index in [9.17, 15) is 22.0 Å². The van der Waals surface area contributed by atoms with Gasteiger partial charge in [-0.05, 0) is 30.5 Å². The number of hydrogen-bond donors (Lipinski definition) is 1. The first-order valence-electron chi connectivity index (χ1n) is 8.67. The molecule has 0 saturated carbocycles. The number of halogens is 2. The zero-order valence-corrected chi connectivity index (χ0v) is 15.7. The van der Waals surface area contributed by atoms with E-state index in [1.54, 1.807) is 6.07 Å². The molecule has 0 spiro atoms. The van der Waals surface area contributed by atoms with Gasteiger partial charge in [0.25, 0.3) is 0 Å². The molecule has 8 heteroatoms. The zero-order valence-electron chi connectivity index (χ0n) is 14.8. The number of anilines is 2. The fourth-order valence-corrected chi connectivity index (χ4v) is 4.40. The second-order valence-electron chi connectivity index (χ2n) is 6.46. The summed E-state index contributed by atoms with van der Waals surface area (Å²) in [5.41, 5.74) is 0.883. The zero-order chi connectivity index (χ0) is 19.6. The molecule has 0 fully saturated rings. The maximum atomic E-state index is 14.7. The van der Waals surface area contributed by atoms with Crippen LogP contribution in [0.25, 0.3) is 0 Å². The molecule has 1 aliphatic heterocycles. The summed E-state index contributed by atoms with van der Waals surface area (Å²) < 4.78 is 55.4. The van der Waals surface area contributed by atoms with Gasteiger partial charge in [-0.2, -0.15) is 0 Å². The van der Waals surface area contributed by atoms with Crippen molar-refractivity contribution in [1.82, 2.24) is 0 Å². The number of benzene rings is 2. The molecule has 0 radical (unpaired) electrons. The standard InChI is InChI=1S/C19H20F2N2O3S/c1-2-9-23-18(24)8-7-13-10-15(11-17(21)19(13)23)22-27(25,26)12-14-5-3-4-6-16(14)20/h3-6,10-11,22H,2,7-9,12H2,1H3. The summed E-state index contributed by atoms with van der Waals surface area (Å²) >= 11 is 0. The molecule has 3 rings (SSSR count). The third kappa shape index (κ3) is 4.27. The van der Waals surface area contributed by atoms with Crippen LogP contribution >= 0.6 is 0 Å². The number of sulfonamides is 1. The average molecular weight is 394 g/mol. The number of aryl methyl sites for hydroxylation is 1. The van der Waals surface area contributed by atoms with Crippen LogP contribution in [0, 0.1) is 11.6 Å². The predicted octanol–water partition coefficient (Wildman–Crippen LogP) is 3.60. The first kappa shape index (κ1) is 19.3. The van der Waals surface area contributed by atoms with Crippen LogP contribution in [-0.4, -0.2) is 20.9 Å². The van der Waals surface area contributed by atoms with Gasteiger partial charge < -0.3 is 4.90 Å². The molecular weight excluding hydrogens is 374 g/mol. The summed E-state index contributed by atoms with van der Waals surface area (Å²) in [7, 11) is -3.93. The Balaban J connectivity index is 1.87. The maximum Gasteiger partial charge on any atom is 0.237 e. The van der Waals surface area contributed by atoms with Gasteiger partial charge in [0.2, 0.25) is 15.9 Å². The third-order valence-corrected chi connectivity index (χ3v) is 5.58. The lowest BCUT2D eigenvalue weighted by atomic mass is 10.00. The van der Waals surface area contributed by atoms with E-state index in [4.69, 9.17) is 0 Å². The summed E-state index contributed by atoms with van der Waals surface area (Å²) in [6.07, 6.45) is 1.27. The first-order chi connectivity index (χ1) is 12.8. The number of fused-ring (bicyclic) bond motifs is 1. The summed E-state index contributed by atoms with van der Waals surface area (Å²) in [4.78, 5) is 13.5. The molecule has 1 N–H and O–H groups in total. The molecule has 144 valence electrons. The fourth-order valence-electron chi connectivity index (χ4n) is 3.20. The highest BCUT2D eigenvalue weighted by Gasteiger charge is 2.27. The second-order valence-corrected chi connectivity index (χ2v) is 8.19. The van der Waals surface area contributed by atoms with Crippen molar-refractivity contribution in [2.24, 2.45) is 0 Å². The normalized spacial score (nSPS) is 14.2. The molecule has 5 nitrogen and oxygen atoms in total. The summed E-state index contributed by atoms with van der Waals surface area (Å²) in [5, 5.41) is 0. The monoisotopic (exact) mass is 394 g/mol.